The number of benzene rings is 1. The highest BCUT2D eigenvalue weighted by Gasteiger charge is 2.24. The molecule has 1 fully saturated rings. The number of hydrogen-bond acceptors (Lipinski definition) is 3. The second kappa shape index (κ2) is 4.88. The Balaban J connectivity index is 2.35. The van der Waals surface area contributed by atoms with Crippen LogP contribution in [0.15, 0.2) is 18.2 Å². The van der Waals surface area contributed by atoms with Gasteiger partial charge < -0.3 is 16.4 Å². The monoisotopic (exact) mass is 247 g/mol. The van der Waals surface area contributed by atoms with Crippen LogP contribution in [0.5, 0.6) is 0 Å². The van der Waals surface area contributed by atoms with Crippen LogP contribution in [0.4, 0.5) is 11.4 Å². The normalized spacial score (nSPS) is 24.0. The predicted octanol–water partition coefficient (Wildman–Crippen LogP) is 1.85. The van der Waals surface area contributed by atoms with E-state index < -0.39 is 5.91 Å². The zero-order valence-corrected chi connectivity index (χ0v) is 11.0. The second-order valence-electron chi connectivity index (χ2n) is 5.49. The van der Waals surface area contributed by atoms with Gasteiger partial charge in [0, 0.05) is 24.5 Å². The van der Waals surface area contributed by atoms with Gasteiger partial charge in [-0.2, -0.15) is 0 Å². The number of nitrogens with two attached hydrogens (primary N) is 2. The lowest BCUT2D eigenvalue weighted by Crippen LogP contribution is -2.39. The average Bonchev–Trinajstić information content (AvgIpc) is 2.27. The van der Waals surface area contributed by atoms with Gasteiger partial charge in [-0.1, -0.05) is 13.8 Å². The lowest BCUT2D eigenvalue weighted by Gasteiger charge is -2.37. The Kier molecular flexibility index (Phi) is 3.45. The van der Waals surface area contributed by atoms with Crippen LogP contribution in [-0.2, 0) is 0 Å². The van der Waals surface area contributed by atoms with Gasteiger partial charge in [-0.15, -0.1) is 0 Å². The minimum Gasteiger partial charge on any atom is -0.399 e. The van der Waals surface area contributed by atoms with Crippen LogP contribution in [0.3, 0.4) is 0 Å². The van der Waals surface area contributed by atoms with Gasteiger partial charge in [0.05, 0.1) is 5.56 Å². The van der Waals surface area contributed by atoms with Gasteiger partial charge in [0.25, 0.3) is 5.91 Å². The van der Waals surface area contributed by atoms with Gasteiger partial charge in [-0.3, -0.25) is 4.79 Å². The first kappa shape index (κ1) is 12.7. The van der Waals surface area contributed by atoms with Crippen molar-refractivity contribution in [1.29, 1.82) is 0 Å². The molecule has 4 N–H and O–H groups in total. The number of amides is 1. The molecule has 1 saturated heterocycles. The van der Waals surface area contributed by atoms with Crippen molar-refractivity contribution in [1.82, 2.24) is 0 Å². The molecule has 18 heavy (non-hydrogen) atoms. The van der Waals surface area contributed by atoms with Crippen LogP contribution in [0.1, 0.15) is 30.6 Å². The third kappa shape index (κ3) is 2.58. The Labute approximate surface area is 108 Å². The van der Waals surface area contributed by atoms with Crippen molar-refractivity contribution < 1.29 is 4.79 Å². The van der Waals surface area contributed by atoms with Crippen molar-refractivity contribution in [3.63, 3.8) is 0 Å². The number of nitrogens with zero attached hydrogens (tertiary/aromatic N) is 1. The van der Waals surface area contributed by atoms with Crippen molar-refractivity contribution >= 4 is 17.3 Å². The first-order valence-electron chi connectivity index (χ1n) is 6.41. The summed E-state index contributed by atoms with van der Waals surface area (Å²) in [7, 11) is 0. The molecule has 4 heteroatoms. The Morgan fingerprint density at radius 3 is 2.44 bits per heavy atom. The van der Waals surface area contributed by atoms with E-state index in [9.17, 15) is 4.79 Å². The highest BCUT2D eigenvalue weighted by Crippen LogP contribution is 2.29. The Bertz CT molecular complexity index is 448. The summed E-state index contributed by atoms with van der Waals surface area (Å²) in [6.45, 7) is 6.41. The molecule has 1 aliphatic rings. The molecule has 0 aliphatic carbocycles. The largest absolute Gasteiger partial charge is 0.399 e. The SMILES string of the molecule is C[C@@H]1C[C@H](C)CN(c2ccc(N)cc2C(N)=O)C1. The maximum atomic E-state index is 11.5. The lowest BCUT2D eigenvalue weighted by molar-refractivity contribution is 0.100. The van der Waals surface area contributed by atoms with Crippen LogP contribution in [-0.4, -0.2) is 19.0 Å². The molecule has 1 aromatic rings. The molecule has 1 aromatic carbocycles. The number of carbonyl (C=O) groups excluding carboxylic acids is 1. The summed E-state index contributed by atoms with van der Waals surface area (Å²) in [6.07, 6.45) is 1.23. The topological polar surface area (TPSA) is 72.3 Å². The summed E-state index contributed by atoms with van der Waals surface area (Å²) >= 11 is 0. The molecular weight excluding hydrogens is 226 g/mol. The molecule has 0 saturated carbocycles. The van der Waals surface area contributed by atoms with Crippen LogP contribution < -0.4 is 16.4 Å². The fourth-order valence-corrected chi connectivity index (χ4v) is 2.89. The summed E-state index contributed by atoms with van der Waals surface area (Å²) in [4.78, 5) is 13.8. The lowest BCUT2D eigenvalue weighted by atomic mass is 9.91. The summed E-state index contributed by atoms with van der Waals surface area (Å²) in [5.41, 5.74) is 13.2. The number of hydrogen-bond donors (Lipinski definition) is 2. The van der Waals surface area contributed by atoms with E-state index in [4.69, 9.17) is 11.5 Å². The molecule has 0 aromatic heterocycles. The zero-order valence-electron chi connectivity index (χ0n) is 11.0. The van der Waals surface area contributed by atoms with E-state index in [0.29, 0.717) is 23.1 Å². The minimum absolute atomic E-state index is 0.414. The molecule has 1 heterocycles. The minimum atomic E-state index is -0.414. The van der Waals surface area contributed by atoms with E-state index in [0.717, 1.165) is 18.8 Å². The van der Waals surface area contributed by atoms with Crippen LogP contribution in [0.25, 0.3) is 0 Å². The number of nitrogen functional groups attached to an aromatic ring is 1. The highest BCUT2D eigenvalue weighted by atomic mass is 16.1. The van der Waals surface area contributed by atoms with E-state index in [1.54, 1.807) is 6.07 Å². The number of anilines is 2. The van der Waals surface area contributed by atoms with E-state index in [-0.39, 0.29) is 0 Å². The number of rotatable bonds is 2. The fourth-order valence-electron chi connectivity index (χ4n) is 2.89. The smallest absolute Gasteiger partial charge is 0.250 e. The van der Waals surface area contributed by atoms with Gasteiger partial charge in [0.15, 0.2) is 0 Å². The van der Waals surface area contributed by atoms with Crippen molar-refractivity contribution in [2.24, 2.45) is 17.6 Å². The summed E-state index contributed by atoms with van der Waals surface area (Å²) < 4.78 is 0. The van der Waals surface area contributed by atoms with Crippen molar-refractivity contribution in [3.8, 4) is 0 Å². The fraction of sp³-hybridized carbons (Fsp3) is 0.500. The van der Waals surface area contributed by atoms with Crippen molar-refractivity contribution in [2.75, 3.05) is 23.7 Å². The molecule has 0 spiro atoms. The van der Waals surface area contributed by atoms with E-state index >= 15 is 0 Å². The zero-order chi connectivity index (χ0) is 13.3. The van der Waals surface area contributed by atoms with Crippen molar-refractivity contribution in [2.45, 2.75) is 20.3 Å². The molecule has 2 rings (SSSR count). The van der Waals surface area contributed by atoms with Gasteiger partial charge >= 0.3 is 0 Å². The van der Waals surface area contributed by atoms with Crippen LogP contribution in [0.2, 0.25) is 0 Å². The van der Waals surface area contributed by atoms with Crippen molar-refractivity contribution in [3.05, 3.63) is 23.8 Å². The quantitative estimate of drug-likeness (QED) is 0.783. The van der Waals surface area contributed by atoms with E-state index in [1.807, 2.05) is 12.1 Å². The van der Waals surface area contributed by atoms with E-state index in [2.05, 4.69) is 18.7 Å². The summed E-state index contributed by atoms with van der Waals surface area (Å²) in [6, 6.07) is 5.40. The standard InChI is InChI=1S/C14H21N3O/c1-9-5-10(2)8-17(7-9)13-4-3-11(15)6-12(13)14(16)18/h3-4,6,9-10H,5,7-8,15H2,1-2H3,(H2,16,18)/t9-,10+. The molecule has 2 atom stereocenters. The van der Waals surface area contributed by atoms with Crippen LogP contribution >= 0.6 is 0 Å². The van der Waals surface area contributed by atoms with E-state index in [1.165, 1.54) is 6.42 Å². The van der Waals surface area contributed by atoms with Crippen LogP contribution in [0, 0.1) is 11.8 Å². The number of carbonyl (C=O) groups is 1. The third-order valence-corrected chi connectivity index (χ3v) is 3.50. The van der Waals surface area contributed by atoms with Gasteiger partial charge in [0.1, 0.15) is 0 Å². The first-order valence-corrected chi connectivity index (χ1v) is 6.41. The summed E-state index contributed by atoms with van der Waals surface area (Å²) in [5, 5.41) is 0. The Morgan fingerprint density at radius 2 is 1.89 bits per heavy atom. The van der Waals surface area contributed by atoms with Gasteiger partial charge in [-0.25, -0.2) is 0 Å². The van der Waals surface area contributed by atoms with Gasteiger partial charge in [0.2, 0.25) is 0 Å². The number of piperidine rings is 1. The molecule has 1 amide bonds. The maximum Gasteiger partial charge on any atom is 0.250 e. The molecule has 4 nitrogen and oxygen atoms in total. The molecular formula is C14H21N3O. The number of primary amides is 1. The second-order valence-corrected chi connectivity index (χ2v) is 5.49. The first-order chi connectivity index (χ1) is 8.47. The molecule has 0 unspecified atom stereocenters. The molecule has 0 bridgehead atoms. The third-order valence-electron chi connectivity index (χ3n) is 3.50. The molecule has 98 valence electrons. The Morgan fingerprint density at radius 1 is 1.28 bits per heavy atom. The van der Waals surface area contributed by atoms with Gasteiger partial charge in [-0.05, 0) is 36.5 Å². The molecule has 0 radical (unpaired) electrons. The Hall–Kier alpha value is -1.71. The predicted molar refractivity (Wildman–Crippen MR) is 74.5 cm³/mol. The average molecular weight is 247 g/mol. The highest BCUT2D eigenvalue weighted by molar-refractivity contribution is 5.99. The molecule has 1 aliphatic heterocycles. The maximum absolute atomic E-state index is 11.5. The summed E-state index contributed by atoms with van der Waals surface area (Å²) in [5.74, 6) is 0.849.